The van der Waals surface area contributed by atoms with E-state index in [2.05, 4.69) is 15.3 Å². The molecule has 0 bridgehead atoms. The van der Waals surface area contributed by atoms with E-state index in [1.165, 1.54) is 0 Å². The molecule has 1 aromatic carbocycles. The Morgan fingerprint density at radius 3 is 2.86 bits per heavy atom. The molecule has 1 aliphatic heterocycles. The number of hydrogen-bond donors (Lipinski definition) is 2. The Kier molecular flexibility index (Phi) is 3.62. The van der Waals surface area contributed by atoms with Gasteiger partial charge < -0.3 is 16.0 Å². The second-order valence-corrected chi connectivity index (χ2v) is 5.15. The molecule has 6 nitrogen and oxygen atoms in total. The Morgan fingerprint density at radius 1 is 1.29 bits per heavy atom. The van der Waals surface area contributed by atoms with Crippen LogP contribution in [0.25, 0.3) is 0 Å². The van der Waals surface area contributed by atoms with Gasteiger partial charge in [0.25, 0.3) is 0 Å². The van der Waals surface area contributed by atoms with Gasteiger partial charge in [-0.2, -0.15) is 4.98 Å². The number of aromatic nitrogens is 2. The molecule has 1 aliphatic rings. The molecular formula is C14H14ClN5O. The average Bonchev–Trinajstić information content (AvgIpc) is 2.84. The number of amides is 1. The normalized spacial score (nSPS) is 14.5. The molecule has 0 atom stereocenters. The Hall–Kier alpha value is -2.34. The molecule has 2 aromatic rings. The SMILES string of the molecule is Nc1nc(Cl)cc(Nc2cccc(N3CCCC3=O)c2)n1. The number of nitrogens with two attached hydrogens (primary N) is 1. The fraction of sp³-hybridized carbons (Fsp3) is 0.214. The molecule has 0 aliphatic carbocycles. The van der Waals surface area contributed by atoms with Crippen LogP contribution < -0.4 is 16.0 Å². The molecule has 1 saturated heterocycles. The van der Waals surface area contributed by atoms with Gasteiger partial charge in [-0.1, -0.05) is 17.7 Å². The largest absolute Gasteiger partial charge is 0.368 e. The van der Waals surface area contributed by atoms with Gasteiger partial charge in [0.15, 0.2) is 0 Å². The minimum Gasteiger partial charge on any atom is -0.368 e. The van der Waals surface area contributed by atoms with Gasteiger partial charge in [-0.15, -0.1) is 0 Å². The van der Waals surface area contributed by atoms with Crippen molar-refractivity contribution in [2.24, 2.45) is 0 Å². The monoisotopic (exact) mass is 303 g/mol. The van der Waals surface area contributed by atoms with Crippen LogP contribution >= 0.6 is 11.6 Å². The molecule has 108 valence electrons. The number of halogens is 1. The maximum atomic E-state index is 11.8. The number of carbonyl (C=O) groups is 1. The molecule has 3 rings (SSSR count). The van der Waals surface area contributed by atoms with Crippen LogP contribution in [0.15, 0.2) is 30.3 Å². The van der Waals surface area contributed by atoms with Crippen molar-refractivity contribution in [2.75, 3.05) is 22.5 Å². The summed E-state index contributed by atoms with van der Waals surface area (Å²) in [7, 11) is 0. The second-order valence-electron chi connectivity index (χ2n) is 4.76. The highest BCUT2D eigenvalue weighted by Gasteiger charge is 2.21. The molecule has 0 saturated carbocycles. The number of rotatable bonds is 3. The van der Waals surface area contributed by atoms with E-state index in [0.717, 1.165) is 24.3 Å². The summed E-state index contributed by atoms with van der Waals surface area (Å²) in [6.45, 7) is 0.759. The van der Waals surface area contributed by atoms with Crippen LogP contribution in [0.1, 0.15) is 12.8 Å². The predicted molar refractivity (Wildman–Crippen MR) is 82.8 cm³/mol. The first kappa shape index (κ1) is 13.6. The van der Waals surface area contributed by atoms with Gasteiger partial charge in [-0.3, -0.25) is 4.79 Å². The topological polar surface area (TPSA) is 84.1 Å². The molecule has 21 heavy (non-hydrogen) atoms. The van der Waals surface area contributed by atoms with Gasteiger partial charge in [0.05, 0.1) is 0 Å². The Labute approximate surface area is 126 Å². The van der Waals surface area contributed by atoms with Crippen LogP contribution in [0.3, 0.4) is 0 Å². The van der Waals surface area contributed by atoms with Crippen LogP contribution in [0.4, 0.5) is 23.1 Å². The first-order chi connectivity index (χ1) is 10.1. The molecule has 7 heteroatoms. The number of benzene rings is 1. The van der Waals surface area contributed by atoms with E-state index in [0.29, 0.717) is 12.2 Å². The zero-order valence-electron chi connectivity index (χ0n) is 11.2. The lowest BCUT2D eigenvalue weighted by Gasteiger charge is -2.17. The maximum absolute atomic E-state index is 11.8. The molecule has 1 amide bonds. The first-order valence-electron chi connectivity index (χ1n) is 6.59. The first-order valence-corrected chi connectivity index (χ1v) is 6.97. The molecular weight excluding hydrogens is 290 g/mol. The van der Waals surface area contributed by atoms with Crippen LogP contribution in [0.5, 0.6) is 0 Å². The smallest absolute Gasteiger partial charge is 0.227 e. The third kappa shape index (κ3) is 3.05. The van der Waals surface area contributed by atoms with Gasteiger partial charge in [-0.25, -0.2) is 4.98 Å². The summed E-state index contributed by atoms with van der Waals surface area (Å²) in [5.41, 5.74) is 7.24. The van der Waals surface area contributed by atoms with Crippen molar-refractivity contribution < 1.29 is 4.79 Å². The summed E-state index contributed by atoms with van der Waals surface area (Å²) in [6.07, 6.45) is 1.50. The van der Waals surface area contributed by atoms with E-state index in [-0.39, 0.29) is 17.0 Å². The van der Waals surface area contributed by atoms with E-state index < -0.39 is 0 Å². The van der Waals surface area contributed by atoms with E-state index in [1.807, 2.05) is 24.3 Å². The van der Waals surface area contributed by atoms with Gasteiger partial charge in [0, 0.05) is 30.4 Å². The summed E-state index contributed by atoms with van der Waals surface area (Å²) >= 11 is 5.85. The zero-order valence-corrected chi connectivity index (χ0v) is 12.0. The van der Waals surface area contributed by atoms with Crippen LogP contribution in [-0.4, -0.2) is 22.4 Å². The molecule has 2 heterocycles. The lowest BCUT2D eigenvalue weighted by atomic mass is 10.2. The Bertz CT molecular complexity index is 671. The zero-order chi connectivity index (χ0) is 14.8. The molecule has 3 N–H and O–H groups in total. The van der Waals surface area contributed by atoms with Crippen molar-refractivity contribution in [1.82, 2.24) is 9.97 Å². The average molecular weight is 304 g/mol. The molecule has 0 radical (unpaired) electrons. The fourth-order valence-corrected chi connectivity index (χ4v) is 2.51. The third-order valence-electron chi connectivity index (χ3n) is 3.22. The third-order valence-corrected chi connectivity index (χ3v) is 3.41. The van der Waals surface area contributed by atoms with E-state index in [4.69, 9.17) is 17.3 Å². The molecule has 1 fully saturated rings. The standard InChI is InChI=1S/C14H14ClN5O/c15-11-8-12(19-14(16)18-11)17-9-3-1-4-10(7-9)20-6-2-5-13(20)21/h1,3-4,7-8H,2,5-6H2,(H3,16,17,18,19). The summed E-state index contributed by atoms with van der Waals surface area (Å²) in [6, 6.07) is 9.17. The lowest BCUT2D eigenvalue weighted by molar-refractivity contribution is -0.117. The highest BCUT2D eigenvalue weighted by atomic mass is 35.5. The summed E-state index contributed by atoms with van der Waals surface area (Å²) in [5.74, 6) is 0.773. The summed E-state index contributed by atoms with van der Waals surface area (Å²) < 4.78 is 0. The second kappa shape index (κ2) is 5.57. The van der Waals surface area contributed by atoms with Crippen LogP contribution in [-0.2, 0) is 4.79 Å². The van der Waals surface area contributed by atoms with Crippen molar-refractivity contribution in [3.63, 3.8) is 0 Å². The molecule has 0 spiro atoms. The van der Waals surface area contributed by atoms with Gasteiger partial charge in [0.1, 0.15) is 11.0 Å². The Morgan fingerprint density at radius 2 is 2.14 bits per heavy atom. The number of hydrogen-bond acceptors (Lipinski definition) is 5. The molecule has 0 unspecified atom stereocenters. The van der Waals surface area contributed by atoms with Crippen LogP contribution in [0, 0.1) is 0 Å². The highest BCUT2D eigenvalue weighted by Crippen LogP contribution is 2.26. The Balaban J connectivity index is 1.84. The van der Waals surface area contributed by atoms with E-state index >= 15 is 0 Å². The quantitative estimate of drug-likeness (QED) is 0.851. The highest BCUT2D eigenvalue weighted by molar-refractivity contribution is 6.29. The summed E-state index contributed by atoms with van der Waals surface area (Å²) in [5, 5.41) is 3.38. The van der Waals surface area contributed by atoms with E-state index in [9.17, 15) is 4.79 Å². The number of anilines is 4. The van der Waals surface area contributed by atoms with Gasteiger partial charge in [0.2, 0.25) is 11.9 Å². The van der Waals surface area contributed by atoms with Crippen molar-refractivity contribution in [1.29, 1.82) is 0 Å². The minimum atomic E-state index is 0.107. The predicted octanol–water partition coefficient (Wildman–Crippen LogP) is 2.58. The van der Waals surface area contributed by atoms with Gasteiger partial charge >= 0.3 is 0 Å². The number of nitrogens with zero attached hydrogens (tertiary/aromatic N) is 3. The maximum Gasteiger partial charge on any atom is 0.227 e. The molecule has 1 aromatic heterocycles. The number of nitrogens with one attached hydrogen (secondary N) is 1. The lowest BCUT2D eigenvalue weighted by Crippen LogP contribution is -2.23. The van der Waals surface area contributed by atoms with Crippen molar-refractivity contribution >= 4 is 40.6 Å². The summed E-state index contributed by atoms with van der Waals surface area (Å²) in [4.78, 5) is 21.4. The number of carbonyl (C=O) groups excluding carboxylic acids is 1. The van der Waals surface area contributed by atoms with E-state index in [1.54, 1.807) is 11.0 Å². The fourth-order valence-electron chi connectivity index (χ4n) is 2.32. The van der Waals surface area contributed by atoms with Gasteiger partial charge in [-0.05, 0) is 24.6 Å². The van der Waals surface area contributed by atoms with Crippen LogP contribution in [0.2, 0.25) is 5.15 Å². The van der Waals surface area contributed by atoms with Crippen molar-refractivity contribution in [3.05, 3.63) is 35.5 Å². The van der Waals surface area contributed by atoms with Crippen molar-refractivity contribution in [2.45, 2.75) is 12.8 Å². The minimum absolute atomic E-state index is 0.107. The number of nitrogen functional groups attached to an aromatic ring is 1. The van der Waals surface area contributed by atoms with Crippen molar-refractivity contribution in [3.8, 4) is 0 Å².